The fourth-order valence-electron chi connectivity index (χ4n) is 2.46. The zero-order valence-corrected chi connectivity index (χ0v) is 14.5. The lowest BCUT2D eigenvalue weighted by Crippen LogP contribution is -2.06. The lowest BCUT2D eigenvalue weighted by molar-refractivity contribution is -0.129. The fraction of sp³-hybridized carbons (Fsp3) is 0.111. The molecule has 0 atom stereocenters. The fourth-order valence-corrected chi connectivity index (χ4v) is 4.00. The zero-order chi connectivity index (χ0) is 16.9. The topological polar surface area (TPSA) is 52.6 Å². The van der Waals surface area contributed by atoms with E-state index in [0.717, 1.165) is 26.4 Å². The van der Waals surface area contributed by atoms with Crippen molar-refractivity contribution in [3.8, 4) is 20.9 Å². The number of hydrogen-bond donors (Lipinski definition) is 0. The van der Waals surface area contributed by atoms with Crippen molar-refractivity contribution in [3.63, 3.8) is 0 Å². The van der Waals surface area contributed by atoms with Gasteiger partial charge in [-0.2, -0.15) is 0 Å². The third kappa shape index (κ3) is 3.25. The van der Waals surface area contributed by atoms with E-state index in [-0.39, 0.29) is 12.6 Å². The summed E-state index contributed by atoms with van der Waals surface area (Å²) in [4.78, 5) is 24.9. The van der Waals surface area contributed by atoms with Crippen molar-refractivity contribution in [1.29, 1.82) is 0 Å². The van der Waals surface area contributed by atoms with Crippen molar-refractivity contribution >= 4 is 35.1 Å². The third-order valence-electron chi connectivity index (χ3n) is 3.53. The molecule has 2 heterocycles. The molecule has 0 aliphatic carbocycles. The van der Waals surface area contributed by atoms with E-state index in [1.807, 2.05) is 47.2 Å². The van der Waals surface area contributed by atoms with Crippen LogP contribution >= 0.6 is 22.7 Å². The van der Waals surface area contributed by atoms with Gasteiger partial charge in [0.1, 0.15) is 6.61 Å². The molecule has 0 bridgehead atoms. The lowest BCUT2D eigenvalue weighted by Gasteiger charge is -2.14. The van der Waals surface area contributed by atoms with Gasteiger partial charge in [-0.25, -0.2) is 4.79 Å². The van der Waals surface area contributed by atoms with Gasteiger partial charge in [-0.05, 0) is 46.2 Å². The van der Waals surface area contributed by atoms with Gasteiger partial charge >= 0.3 is 5.97 Å². The van der Waals surface area contributed by atoms with Crippen LogP contribution in [0.4, 0.5) is 0 Å². The standard InChI is InChI=1S/C18H14O4S2/c1-21-18(20)15-9-13(16-4-2-6-23-16)12(10-22-11-19)8-14(15)17-5-3-7-24-17/h2-9,11H,10H2,1H3. The van der Waals surface area contributed by atoms with Gasteiger partial charge in [-0.3, -0.25) is 4.79 Å². The molecule has 0 unspecified atom stereocenters. The molecule has 122 valence electrons. The smallest absolute Gasteiger partial charge is 0.338 e. The molecule has 0 N–H and O–H groups in total. The summed E-state index contributed by atoms with van der Waals surface area (Å²) in [5, 5.41) is 3.91. The largest absolute Gasteiger partial charge is 0.465 e. The molecule has 0 fully saturated rings. The number of rotatable bonds is 6. The molecule has 0 amide bonds. The first-order valence-electron chi connectivity index (χ1n) is 7.13. The Morgan fingerprint density at radius 2 is 1.75 bits per heavy atom. The summed E-state index contributed by atoms with van der Waals surface area (Å²) in [6.07, 6.45) is 0. The van der Waals surface area contributed by atoms with E-state index < -0.39 is 0 Å². The van der Waals surface area contributed by atoms with Gasteiger partial charge in [0.2, 0.25) is 0 Å². The second-order valence-electron chi connectivity index (χ2n) is 4.91. The van der Waals surface area contributed by atoms with Crippen LogP contribution in [0.5, 0.6) is 0 Å². The monoisotopic (exact) mass is 358 g/mol. The summed E-state index contributed by atoms with van der Waals surface area (Å²) in [6, 6.07) is 11.5. The average Bonchev–Trinajstić information content (AvgIpc) is 3.31. The van der Waals surface area contributed by atoms with Crippen LogP contribution in [0.25, 0.3) is 20.9 Å². The Morgan fingerprint density at radius 3 is 2.29 bits per heavy atom. The number of carbonyl (C=O) groups excluding carboxylic acids is 2. The van der Waals surface area contributed by atoms with Crippen molar-refractivity contribution in [2.24, 2.45) is 0 Å². The molecular formula is C18H14O4S2. The molecular weight excluding hydrogens is 344 g/mol. The molecule has 24 heavy (non-hydrogen) atoms. The molecule has 0 saturated carbocycles. The van der Waals surface area contributed by atoms with E-state index in [9.17, 15) is 9.59 Å². The first kappa shape index (κ1) is 16.4. The summed E-state index contributed by atoms with van der Waals surface area (Å²) < 4.78 is 9.92. The predicted octanol–water partition coefficient (Wildman–Crippen LogP) is 4.60. The molecule has 0 aliphatic rings. The van der Waals surface area contributed by atoms with E-state index in [0.29, 0.717) is 12.0 Å². The minimum Gasteiger partial charge on any atom is -0.465 e. The number of hydrogen-bond acceptors (Lipinski definition) is 6. The Morgan fingerprint density at radius 1 is 1.08 bits per heavy atom. The lowest BCUT2D eigenvalue weighted by atomic mass is 9.96. The first-order valence-corrected chi connectivity index (χ1v) is 8.88. The van der Waals surface area contributed by atoms with Crippen LogP contribution in [0, 0.1) is 0 Å². The number of methoxy groups -OCH3 is 1. The normalized spacial score (nSPS) is 10.4. The average molecular weight is 358 g/mol. The summed E-state index contributed by atoms with van der Waals surface area (Å²) >= 11 is 3.10. The number of thiophene rings is 2. The highest BCUT2D eigenvalue weighted by atomic mass is 32.1. The summed E-state index contributed by atoms with van der Waals surface area (Å²) in [7, 11) is 1.37. The molecule has 0 aliphatic heterocycles. The van der Waals surface area contributed by atoms with E-state index in [1.54, 1.807) is 11.3 Å². The van der Waals surface area contributed by atoms with Gasteiger partial charge in [0.25, 0.3) is 6.47 Å². The van der Waals surface area contributed by atoms with Crippen LogP contribution in [-0.4, -0.2) is 19.6 Å². The Kier molecular flexibility index (Phi) is 5.08. The van der Waals surface area contributed by atoms with Crippen LogP contribution in [0.1, 0.15) is 15.9 Å². The van der Waals surface area contributed by atoms with Crippen LogP contribution in [0.3, 0.4) is 0 Å². The number of esters is 1. The third-order valence-corrected chi connectivity index (χ3v) is 5.34. The number of ether oxygens (including phenoxy) is 2. The van der Waals surface area contributed by atoms with Gasteiger partial charge in [0.05, 0.1) is 12.7 Å². The van der Waals surface area contributed by atoms with Gasteiger partial charge in [-0.15, -0.1) is 22.7 Å². The van der Waals surface area contributed by atoms with Crippen molar-refractivity contribution < 1.29 is 19.1 Å². The van der Waals surface area contributed by atoms with Crippen molar-refractivity contribution in [3.05, 3.63) is 58.3 Å². The highest BCUT2D eigenvalue weighted by Crippen LogP contribution is 2.36. The molecule has 0 spiro atoms. The van der Waals surface area contributed by atoms with Gasteiger partial charge in [-0.1, -0.05) is 12.1 Å². The van der Waals surface area contributed by atoms with E-state index in [4.69, 9.17) is 9.47 Å². The van der Waals surface area contributed by atoms with E-state index >= 15 is 0 Å². The highest BCUT2D eigenvalue weighted by molar-refractivity contribution is 7.14. The molecule has 6 heteroatoms. The van der Waals surface area contributed by atoms with Gasteiger partial charge < -0.3 is 9.47 Å². The minimum atomic E-state index is -0.390. The van der Waals surface area contributed by atoms with Crippen molar-refractivity contribution in [2.75, 3.05) is 7.11 Å². The van der Waals surface area contributed by atoms with Gasteiger partial charge in [0, 0.05) is 15.3 Å². The molecule has 1 aromatic carbocycles. The Balaban J connectivity index is 2.21. The highest BCUT2D eigenvalue weighted by Gasteiger charge is 2.19. The number of benzene rings is 1. The predicted molar refractivity (Wildman–Crippen MR) is 95.3 cm³/mol. The Hall–Kier alpha value is -2.44. The van der Waals surface area contributed by atoms with Crippen molar-refractivity contribution in [2.45, 2.75) is 6.61 Å². The summed E-state index contributed by atoms with van der Waals surface area (Å²) in [5.41, 5.74) is 2.99. The molecule has 2 aromatic heterocycles. The Labute approximate surface area is 147 Å². The van der Waals surface area contributed by atoms with Crippen LogP contribution in [0.2, 0.25) is 0 Å². The molecule has 3 rings (SSSR count). The quantitative estimate of drug-likeness (QED) is 0.477. The second kappa shape index (κ2) is 7.42. The molecule has 4 nitrogen and oxygen atoms in total. The minimum absolute atomic E-state index is 0.149. The zero-order valence-electron chi connectivity index (χ0n) is 12.9. The number of carbonyl (C=O) groups is 2. The summed E-state index contributed by atoms with van der Waals surface area (Å²) in [6.45, 7) is 0.577. The maximum atomic E-state index is 12.3. The molecule has 0 saturated heterocycles. The SMILES string of the molecule is COC(=O)c1cc(-c2cccs2)c(COC=O)cc1-c1cccs1. The molecule has 0 radical (unpaired) electrons. The maximum absolute atomic E-state index is 12.3. The van der Waals surface area contributed by atoms with E-state index in [1.165, 1.54) is 18.4 Å². The maximum Gasteiger partial charge on any atom is 0.338 e. The van der Waals surface area contributed by atoms with Crippen LogP contribution in [0.15, 0.2) is 47.2 Å². The Bertz CT molecular complexity index is 836. The van der Waals surface area contributed by atoms with Gasteiger partial charge in [0.15, 0.2) is 0 Å². The van der Waals surface area contributed by atoms with Crippen LogP contribution in [-0.2, 0) is 20.9 Å². The first-order chi connectivity index (χ1) is 11.7. The molecule has 3 aromatic rings. The second-order valence-corrected chi connectivity index (χ2v) is 6.80. The van der Waals surface area contributed by atoms with E-state index in [2.05, 4.69) is 0 Å². The summed E-state index contributed by atoms with van der Waals surface area (Å²) in [5.74, 6) is -0.390. The van der Waals surface area contributed by atoms with Crippen LogP contribution < -0.4 is 0 Å². The van der Waals surface area contributed by atoms with Crippen molar-refractivity contribution in [1.82, 2.24) is 0 Å².